The fourth-order valence-corrected chi connectivity index (χ4v) is 5.59. The summed E-state index contributed by atoms with van der Waals surface area (Å²) >= 11 is 6.05. The number of hydrogen-bond acceptors (Lipinski definition) is 5. The van der Waals surface area contributed by atoms with Crippen LogP contribution in [0.25, 0.3) is 0 Å². The lowest BCUT2D eigenvalue weighted by atomic mass is 10.1. The predicted octanol–water partition coefficient (Wildman–Crippen LogP) is 5.27. The number of nitrogens with zero attached hydrogens (tertiary/aromatic N) is 2. The smallest absolute Gasteiger partial charge is 0.264 e. The molecule has 1 N–H and O–H groups in total. The van der Waals surface area contributed by atoms with Crippen LogP contribution in [0.2, 0.25) is 5.02 Å². The Morgan fingerprint density at radius 3 is 2.15 bits per heavy atom. The van der Waals surface area contributed by atoms with Crippen molar-refractivity contribution in [1.82, 2.24) is 10.2 Å². The van der Waals surface area contributed by atoms with Gasteiger partial charge in [0.1, 0.15) is 18.3 Å². The molecule has 0 saturated heterocycles. The van der Waals surface area contributed by atoms with Gasteiger partial charge in [-0.05, 0) is 76.6 Å². The van der Waals surface area contributed by atoms with Gasteiger partial charge in [0.25, 0.3) is 10.0 Å². The van der Waals surface area contributed by atoms with Gasteiger partial charge < -0.3 is 15.0 Å². The van der Waals surface area contributed by atoms with Gasteiger partial charge in [0.15, 0.2) is 0 Å². The molecule has 0 aliphatic carbocycles. The molecule has 0 saturated carbocycles. The number of ether oxygens (including phenoxy) is 1. The first-order valence-corrected chi connectivity index (χ1v) is 14.8. The largest absolute Gasteiger partial charge is 0.492 e. The zero-order valence-corrected chi connectivity index (χ0v) is 25.0. The Morgan fingerprint density at radius 1 is 0.950 bits per heavy atom. The van der Waals surface area contributed by atoms with Crippen molar-refractivity contribution in [1.29, 1.82) is 0 Å². The Morgan fingerprint density at radius 2 is 1.55 bits per heavy atom. The first-order chi connectivity index (χ1) is 18.8. The Balaban J connectivity index is 2.07. The fraction of sp³-hybridized carbons (Fsp3) is 0.333. The Kier molecular flexibility index (Phi) is 10.2. The van der Waals surface area contributed by atoms with E-state index in [2.05, 4.69) is 5.32 Å². The molecule has 0 spiro atoms. The van der Waals surface area contributed by atoms with Crippen molar-refractivity contribution >= 4 is 39.1 Å². The van der Waals surface area contributed by atoms with Gasteiger partial charge in [0, 0.05) is 17.1 Å². The minimum absolute atomic E-state index is 0.0249. The quantitative estimate of drug-likeness (QED) is 0.331. The van der Waals surface area contributed by atoms with Crippen LogP contribution in [0.5, 0.6) is 5.75 Å². The van der Waals surface area contributed by atoms with Crippen LogP contribution in [0.1, 0.15) is 40.2 Å². The number of para-hydroxylation sites is 2. The molecule has 0 fully saturated rings. The molecule has 10 heteroatoms. The molecule has 40 heavy (non-hydrogen) atoms. The van der Waals surface area contributed by atoms with Crippen molar-refractivity contribution in [2.75, 3.05) is 17.5 Å². The molecule has 1 atom stereocenters. The van der Waals surface area contributed by atoms with Crippen LogP contribution in [0.4, 0.5) is 5.69 Å². The van der Waals surface area contributed by atoms with E-state index >= 15 is 0 Å². The van der Waals surface area contributed by atoms with Crippen molar-refractivity contribution < 1.29 is 22.7 Å². The Labute approximate surface area is 241 Å². The molecule has 8 nitrogen and oxygen atoms in total. The summed E-state index contributed by atoms with van der Waals surface area (Å²) in [4.78, 5) is 28.6. The van der Waals surface area contributed by atoms with Crippen LogP contribution in [0.3, 0.4) is 0 Å². The van der Waals surface area contributed by atoms with Crippen LogP contribution in [0, 0.1) is 0 Å². The third-order valence-electron chi connectivity index (χ3n) is 5.98. The molecule has 0 aliphatic rings. The van der Waals surface area contributed by atoms with E-state index in [1.165, 1.54) is 17.0 Å². The number of anilines is 1. The maximum absolute atomic E-state index is 14.0. The second-order valence-corrected chi connectivity index (χ2v) is 12.6. The lowest BCUT2D eigenvalue weighted by Gasteiger charge is -2.33. The van der Waals surface area contributed by atoms with E-state index < -0.39 is 34.1 Å². The number of rotatable bonds is 11. The summed E-state index contributed by atoms with van der Waals surface area (Å²) in [5.41, 5.74) is 0.430. The molecule has 3 aromatic rings. The second-order valence-electron chi connectivity index (χ2n) is 10.3. The molecule has 214 valence electrons. The zero-order valence-electron chi connectivity index (χ0n) is 23.4. The maximum Gasteiger partial charge on any atom is 0.264 e. The fourth-order valence-electron chi connectivity index (χ4n) is 4.02. The van der Waals surface area contributed by atoms with Gasteiger partial charge >= 0.3 is 0 Å². The number of hydrogen-bond donors (Lipinski definition) is 1. The summed E-state index contributed by atoms with van der Waals surface area (Å²) in [6.45, 7) is 8.78. The van der Waals surface area contributed by atoms with Gasteiger partial charge in [-0.1, -0.05) is 54.1 Å². The monoisotopic (exact) mass is 585 g/mol. The third-order valence-corrected chi connectivity index (χ3v) is 8.00. The Hall–Kier alpha value is -3.56. The van der Waals surface area contributed by atoms with Gasteiger partial charge in [-0.3, -0.25) is 13.9 Å². The van der Waals surface area contributed by atoms with Gasteiger partial charge in [-0.25, -0.2) is 8.42 Å². The normalized spacial score (nSPS) is 12.3. The Bertz CT molecular complexity index is 1410. The molecular weight excluding hydrogens is 550 g/mol. The standard InChI is InChI=1S/C30H36ClN3O5S/c1-6-39-27-15-11-10-14-26(27)34(40(37,38)25-12-8-7-9-13-25)21-28(35)33(20-23-16-18-24(31)19-17-23)22(2)29(36)32-30(3,4)5/h7-19,22H,6,20-21H2,1-5H3,(H,32,36). The highest BCUT2D eigenvalue weighted by Gasteiger charge is 2.34. The number of amides is 2. The van der Waals surface area contributed by atoms with E-state index in [1.54, 1.807) is 80.6 Å². The van der Waals surface area contributed by atoms with Crippen molar-refractivity contribution in [3.63, 3.8) is 0 Å². The highest BCUT2D eigenvalue weighted by Crippen LogP contribution is 2.33. The number of carbonyl (C=O) groups excluding carboxylic acids is 2. The van der Waals surface area contributed by atoms with Crippen LogP contribution in [-0.2, 0) is 26.2 Å². The number of benzene rings is 3. The molecule has 2 amide bonds. The van der Waals surface area contributed by atoms with Crippen molar-refractivity contribution in [3.05, 3.63) is 89.4 Å². The van der Waals surface area contributed by atoms with Crippen LogP contribution < -0.4 is 14.4 Å². The van der Waals surface area contributed by atoms with Crippen LogP contribution in [-0.4, -0.2) is 49.9 Å². The summed E-state index contributed by atoms with van der Waals surface area (Å²) in [5, 5.41) is 3.45. The van der Waals surface area contributed by atoms with Gasteiger partial charge in [0.2, 0.25) is 11.8 Å². The molecular formula is C30H36ClN3O5S. The first-order valence-electron chi connectivity index (χ1n) is 13.0. The molecule has 1 unspecified atom stereocenters. The van der Waals surface area contributed by atoms with E-state index in [1.807, 2.05) is 20.8 Å². The summed E-state index contributed by atoms with van der Waals surface area (Å²) in [5.74, 6) is -0.598. The lowest BCUT2D eigenvalue weighted by molar-refractivity contribution is -0.140. The zero-order chi connectivity index (χ0) is 29.5. The molecule has 0 bridgehead atoms. The number of carbonyl (C=O) groups is 2. The van der Waals surface area contributed by atoms with Crippen molar-refractivity contribution in [2.24, 2.45) is 0 Å². The molecule has 3 aromatic carbocycles. The highest BCUT2D eigenvalue weighted by atomic mass is 35.5. The van der Waals surface area contributed by atoms with E-state index in [9.17, 15) is 18.0 Å². The van der Waals surface area contributed by atoms with Gasteiger partial charge in [-0.15, -0.1) is 0 Å². The van der Waals surface area contributed by atoms with E-state index in [0.717, 1.165) is 9.87 Å². The SMILES string of the molecule is CCOc1ccccc1N(CC(=O)N(Cc1ccc(Cl)cc1)C(C)C(=O)NC(C)(C)C)S(=O)(=O)c1ccccc1. The average molecular weight is 586 g/mol. The summed E-state index contributed by atoms with van der Waals surface area (Å²) in [6.07, 6.45) is 0. The average Bonchev–Trinajstić information content (AvgIpc) is 2.91. The van der Waals surface area contributed by atoms with Crippen LogP contribution in [0.15, 0.2) is 83.8 Å². The van der Waals surface area contributed by atoms with E-state index in [-0.39, 0.29) is 23.0 Å². The molecule has 0 radical (unpaired) electrons. The van der Waals surface area contributed by atoms with E-state index in [4.69, 9.17) is 16.3 Å². The number of halogens is 1. The minimum atomic E-state index is -4.19. The first kappa shape index (κ1) is 31.0. The topological polar surface area (TPSA) is 96.0 Å². The van der Waals surface area contributed by atoms with Crippen molar-refractivity contribution in [3.8, 4) is 5.75 Å². The summed E-state index contributed by atoms with van der Waals surface area (Å²) < 4.78 is 34.7. The lowest BCUT2D eigenvalue weighted by Crippen LogP contribution is -2.54. The molecule has 0 aliphatic heterocycles. The second kappa shape index (κ2) is 13.2. The summed E-state index contributed by atoms with van der Waals surface area (Å²) in [7, 11) is -4.19. The summed E-state index contributed by atoms with van der Waals surface area (Å²) in [6, 6.07) is 20.6. The number of sulfonamides is 1. The predicted molar refractivity (Wildman–Crippen MR) is 158 cm³/mol. The maximum atomic E-state index is 14.0. The molecule has 0 aromatic heterocycles. The third kappa shape index (κ3) is 7.99. The molecule has 3 rings (SSSR count). The van der Waals surface area contributed by atoms with Gasteiger partial charge in [-0.2, -0.15) is 0 Å². The number of nitrogens with one attached hydrogen (secondary N) is 1. The minimum Gasteiger partial charge on any atom is -0.492 e. The van der Waals surface area contributed by atoms with Crippen molar-refractivity contribution in [2.45, 2.75) is 57.6 Å². The van der Waals surface area contributed by atoms with Crippen LogP contribution >= 0.6 is 11.6 Å². The molecule has 0 heterocycles. The van der Waals surface area contributed by atoms with Gasteiger partial charge in [0.05, 0.1) is 17.2 Å². The highest BCUT2D eigenvalue weighted by molar-refractivity contribution is 7.92. The van der Waals surface area contributed by atoms with E-state index in [0.29, 0.717) is 17.4 Å².